The molecule has 1 N–H and O–H groups in total. The summed E-state index contributed by atoms with van der Waals surface area (Å²) in [6.07, 6.45) is -0.691. The van der Waals surface area contributed by atoms with E-state index in [2.05, 4.69) is 15.9 Å². The van der Waals surface area contributed by atoms with Gasteiger partial charge < -0.3 is 14.7 Å². The Kier molecular flexibility index (Phi) is 6.62. The number of carbonyl (C=O) groups is 1. The summed E-state index contributed by atoms with van der Waals surface area (Å²) in [7, 11) is 1.70. The second-order valence-electron chi connectivity index (χ2n) is 6.32. The lowest BCUT2D eigenvalue weighted by Gasteiger charge is -2.29. The van der Waals surface area contributed by atoms with Crippen LogP contribution >= 0.6 is 15.9 Å². The van der Waals surface area contributed by atoms with Crippen LogP contribution in [0.5, 0.6) is 5.75 Å². The van der Waals surface area contributed by atoms with Crippen molar-refractivity contribution in [3.05, 3.63) is 64.1 Å². The molecule has 0 radical (unpaired) electrons. The summed E-state index contributed by atoms with van der Waals surface area (Å²) in [6.45, 7) is 5.73. The third-order valence-electron chi connectivity index (χ3n) is 4.07. The highest BCUT2D eigenvalue weighted by molar-refractivity contribution is 9.10. The van der Waals surface area contributed by atoms with Crippen molar-refractivity contribution in [2.45, 2.75) is 39.0 Å². The van der Waals surface area contributed by atoms with Gasteiger partial charge in [-0.05, 0) is 60.5 Å². The van der Waals surface area contributed by atoms with Crippen LogP contribution in [0.4, 0.5) is 0 Å². The van der Waals surface area contributed by atoms with Gasteiger partial charge in [0.1, 0.15) is 5.75 Å². The molecule has 5 heteroatoms. The van der Waals surface area contributed by atoms with E-state index in [9.17, 15) is 9.90 Å². The van der Waals surface area contributed by atoms with Crippen molar-refractivity contribution in [2.75, 3.05) is 7.05 Å². The van der Waals surface area contributed by atoms with Crippen molar-refractivity contribution in [1.82, 2.24) is 4.90 Å². The Bertz CT molecular complexity index is 718. The quantitative estimate of drug-likeness (QED) is 0.772. The van der Waals surface area contributed by atoms with Gasteiger partial charge in [-0.2, -0.15) is 0 Å². The molecule has 0 fully saturated rings. The van der Waals surface area contributed by atoms with E-state index in [1.807, 2.05) is 51.1 Å². The Morgan fingerprint density at radius 3 is 2.32 bits per heavy atom. The fraction of sp³-hybridized carbons (Fsp3) is 0.350. The largest absolute Gasteiger partial charge is 0.490 e. The number of carbonyl (C=O) groups excluding carboxylic acids is 1. The van der Waals surface area contributed by atoms with Crippen LogP contribution in [0.15, 0.2) is 53.0 Å². The van der Waals surface area contributed by atoms with Crippen molar-refractivity contribution in [2.24, 2.45) is 0 Å². The van der Waals surface area contributed by atoms with E-state index in [0.717, 1.165) is 10.0 Å². The van der Waals surface area contributed by atoms with Crippen molar-refractivity contribution >= 4 is 21.8 Å². The molecule has 0 aliphatic heterocycles. The molecular weight excluding hydrogens is 382 g/mol. The Morgan fingerprint density at radius 2 is 1.76 bits per heavy atom. The Labute approximate surface area is 157 Å². The fourth-order valence-corrected chi connectivity index (χ4v) is 2.98. The molecule has 1 amide bonds. The minimum absolute atomic E-state index is 0.0570. The average molecular weight is 406 g/mol. The second kappa shape index (κ2) is 8.50. The topological polar surface area (TPSA) is 49.8 Å². The van der Waals surface area contributed by atoms with E-state index >= 15 is 0 Å². The lowest BCUT2D eigenvalue weighted by Crippen LogP contribution is -2.39. The second-order valence-corrected chi connectivity index (χ2v) is 7.18. The molecule has 2 aromatic carbocycles. The third kappa shape index (κ3) is 4.83. The van der Waals surface area contributed by atoms with Gasteiger partial charge in [-0.1, -0.05) is 30.3 Å². The number of halogens is 1. The molecule has 0 bridgehead atoms. The van der Waals surface area contributed by atoms with Gasteiger partial charge in [0.2, 0.25) is 0 Å². The number of rotatable bonds is 6. The van der Waals surface area contributed by atoms with Gasteiger partial charge in [-0.3, -0.25) is 4.79 Å². The van der Waals surface area contributed by atoms with Crippen LogP contribution in [0.2, 0.25) is 0 Å². The molecule has 2 rings (SSSR count). The van der Waals surface area contributed by atoms with Gasteiger partial charge >= 0.3 is 0 Å². The predicted octanol–water partition coefficient (Wildman–Crippen LogP) is 4.43. The number of benzene rings is 2. The minimum Gasteiger partial charge on any atom is -0.490 e. The van der Waals surface area contributed by atoms with Gasteiger partial charge in [-0.15, -0.1) is 0 Å². The van der Waals surface area contributed by atoms with E-state index in [1.165, 1.54) is 0 Å². The number of aliphatic hydroxyl groups is 1. The number of aliphatic hydroxyl groups excluding tert-OH is 1. The van der Waals surface area contributed by atoms with Crippen LogP contribution in [0, 0.1) is 0 Å². The van der Waals surface area contributed by atoms with Gasteiger partial charge in [0.25, 0.3) is 5.91 Å². The van der Waals surface area contributed by atoms with Crippen LogP contribution in [-0.2, 0) is 0 Å². The van der Waals surface area contributed by atoms with Crippen molar-refractivity contribution in [3.8, 4) is 5.75 Å². The monoisotopic (exact) mass is 405 g/mol. The third-order valence-corrected chi connectivity index (χ3v) is 4.69. The summed E-state index contributed by atoms with van der Waals surface area (Å²) in [5.74, 6) is 0.547. The number of ether oxygens (including phenoxy) is 1. The number of likely N-dealkylation sites (N-methyl/N-ethyl adjacent to an activating group) is 1. The first kappa shape index (κ1) is 19.5. The first-order valence-corrected chi connectivity index (χ1v) is 9.07. The number of hydrogen-bond donors (Lipinski definition) is 1. The smallest absolute Gasteiger partial charge is 0.253 e. The average Bonchev–Trinajstić information content (AvgIpc) is 2.61. The van der Waals surface area contributed by atoms with Crippen LogP contribution in [-0.4, -0.2) is 35.1 Å². The zero-order chi connectivity index (χ0) is 18.6. The maximum Gasteiger partial charge on any atom is 0.253 e. The van der Waals surface area contributed by atoms with Gasteiger partial charge in [0, 0.05) is 12.6 Å². The molecule has 0 spiro atoms. The highest BCUT2D eigenvalue weighted by atomic mass is 79.9. The molecule has 2 unspecified atom stereocenters. The molecule has 2 aromatic rings. The Hall–Kier alpha value is -1.85. The molecule has 0 heterocycles. The Morgan fingerprint density at radius 1 is 1.12 bits per heavy atom. The lowest BCUT2D eigenvalue weighted by atomic mass is 10.0. The molecule has 0 saturated carbocycles. The zero-order valence-corrected chi connectivity index (χ0v) is 16.5. The van der Waals surface area contributed by atoms with Crippen molar-refractivity contribution in [3.63, 3.8) is 0 Å². The van der Waals surface area contributed by atoms with Gasteiger partial charge in [-0.25, -0.2) is 0 Å². The highest BCUT2D eigenvalue weighted by Gasteiger charge is 2.25. The predicted molar refractivity (Wildman–Crippen MR) is 103 cm³/mol. The maximum absolute atomic E-state index is 12.8. The van der Waals surface area contributed by atoms with E-state index in [4.69, 9.17) is 4.74 Å². The van der Waals surface area contributed by atoms with Gasteiger partial charge in [0.05, 0.1) is 22.7 Å². The number of hydrogen-bond acceptors (Lipinski definition) is 3. The maximum atomic E-state index is 12.8. The molecule has 4 nitrogen and oxygen atoms in total. The molecular formula is C20H24BrNO3. The SMILES string of the molecule is CC(C)Oc1ccc(C(=O)N(C)C(C)C(O)c2ccccc2)cc1Br. The lowest BCUT2D eigenvalue weighted by molar-refractivity contribution is 0.0487. The Balaban J connectivity index is 2.15. The molecule has 0 aromatic heterocycles. The summed E-state index contributed by atoms with van der Waals surface area (Å²) < 4.78 is 6.40. The summed E-state index contributed by atoms with van der Waals surface area (Å²) in [5.41, 5.74) is 1.33. The molecule has 25 heavy (non-hydrogen) atoms. The molecule has 0 aliphatic carbocycles. The summed E-state index contributed by atoms with van der Waals surface area (Å²) >= 11 is 3.45. The normalized spacial score (nSPS) is 13.4. The molecule has 0 aliphatic rings. The standard InChI is InChI=1S/C20H24BrNO3/c1-13(2)25-18-11-10-16(12-17(18)21)20(24)22(4)14(3)19(23)15-8-6-5-7-9-15/h5-14,19,23H,1-4H3. The highest BCUT2D eigenvalue weighted by Crippen LogP contribution is 2.28. The first-order chi connectivity index (χ1) is 11.8. The molecule has 0 saturated heterocycles. The van der Waals surface area contributed by atoms with Crippen LogP contribution in [0.3, 0.4) is 0 Å². The molecule has 2 atom stereocenters. The minimum atomic E-state index is -0.748. The summed E-state index contributed by atoms with van der Waals surface area (Å²) in [6, 6.07) is 14.3. The first-order valence-electron chi connectivity index (χ1n) is 8.27. The van der Waals surface area contributed by atoms with Crippen LogP contribution < -0.4 is 4.74 Å². The summed E-state index contributed by atoms with van der Waals surface area (Å²) in [5, 5.41) is 10.5. The van der Waals surface area contributed by atoms with Gasteiger partial charge in [0.15, 0.2) is 0 Å². The van der Waals surface area contributed by atoms with E-state index in [0.29, 0.717) is 11.3 Å². The number of nitrogens with zero attached hydrogens (tertiary/aromatic N) is 1. The van der Waals surface area contributed by atoms with E-state index in [-0.39, 0.29) is 18.1 Å². The molecule has 134 valence electrons. The summed E-state index contributed by atoms with van der Waals surface area (Å²) in [4.78, 5) is 14.3. The van der Waals surface area contributed by atoms with E-state index < -0.39 is 6.10 Å². The number of amides is 1. The zero-order valence-electron chi connectivity index (χ0n) is 14.9. The van der Waals surface area contributed by atoms with Crippen LogP contribution in [0.1, 0.15) is 42.8 Å². The van der Waals surface area contributed by atoms with Crippen LogP contribution in [0.25, 0.3) is 0 Å². The van der Waals surface area contributed by atoms with E-state index in [1.54, 1.807) is 30.1 Å². The fourth-order valence-electron chi connectivity index (χ4n) is 2.51. The van der Waals surface area contributed by atoms with Crippen molar-refractivity contribution in [1.29, 1.82) is 0 Å². The van der Waals surface area contributed by atoms with Crippen molar-refractivity contribution < 1.29 is 14.6 Å².